The van der Waals surface area contributed by atoms with Gasteiger partial charge < -0.3 is 16.0 Å². The van der Waals surface area contributed by atoms with Gasteiger partial charge in [-0.1, -0.05) is 70.7 Å². The van der Waals surface area contributed by atoms with Crippen LogP contribution >= 0.6 is 58.6 Å². The Kier molecular flexibility index (Phi) is 7.38. The Bertz CT molecular complexity index is 811. The highest BCUT2D eigenvalue weighted by molar-refractivity contribution is 7.80. The molecule has 0 heterocycles. The maximum Gasteiger partial charge on any atom is 0.253 e. The molecule has 9 heteroatoms. The summed E-state index contributed by atoms with van der Waals surface area (Å²) in [7, 11) is 0. The SMILES string of the molecule is Cc1ccccc1C(=O)N[C@H](NC(=S)Nc1cccc(Cl)c1)C(Cl)(Cl)Cl. The number of thiocarbonyl (C=S) groups is 1. The third kappa shape index (κ3) is 6.18. The van der Waals surface area contributed by atoms with Crippen LogP contribution in [-0.4, -0.2) is 21.0 Å². The van der Waals surface area contributed by atoms with Crippen LogP contribution < -0.4 is 16.0 Å². The summed E-state index contributed by atoms with van der Waals surface area (Å²) in [6.07, 6.45) is -1.06. The number of rotatable bonds is 4. The summed E-state index contributed by atoms with van der Waals surface area (Å²) >= 11 is 29.1. The number of halogens is 4. The first-order valence-corrected chi connectivity index (χ1v) is 9.35. The van der Waals surface area contributed by atoms with E-state index < -0.39 is 15.9 Å². The molecule has 2 aromatic rings. The number of benzene rings is 2. The lowest BCUT2D eigenvalue weighted by atomic mass is 10.1. The summed E-state index contributed by atoms with van der Waals surface area (Å²) in [5.74, 6) is -0.391. The van der Waals surface area contributed by atoms with E-state index >= 15 is 0 Å². The zero-order valence-electron chi connectivity index (χ0n) is 13.5. The number of nitrogens with one attached hydrogen (secondary N) is 3. The highest BCUT2D eigenvalue weighted by Crippen LogP contribution is 2.29. The molecule has 0 spiro atoms. The van der Waals surface area contributed by atoms with Crippen molar-refractivity contribution in [2.24, 2.45) is 0 Å². The minimum absolute atomic E-state index is 0.161. The average molecular weight is 451 g/mol. The summed E-state index contributed by atoms with van der Waals surface area (Å²) in [5.41, 5.74) is 1.93. The zero-order chi connectivity index (χ0) is 19.3. The minimum atomic E-state index is -1.83. The average Bonchev–Trinajstić information content (AvgIpc) is 2.53. The van der Waals surface area contributed by atoms with Crippen molar-refractivity contribution in [3.05, 3.63) is 64.7 Å². The molecule has 0 aliphatic rings. The number of aryl methyl sites for hydroxylation is 1. The van der Waals surface area contributed by atoms with Crippen molar-refractivity contribution in [2.75, 3.05) is 5.32 Å². The molecule has 0 saturated heterocycles. The van der Waals surface area contributed by atoms with Gasteiger partial charge in [-0.25, -0.2) is 0 Å². The quantitative estimate of drug-likeness (QED) is 0.346. The lowest BCUT2D eigenvalue weighted by molar-refractivity contribution is 0.0934. The number of carbonyl (C=O) groups is 1. The topological polar surface area (TPSA) is 53.2 Å². The second-order valence-corrected chi connectivity index (χ2v) is 8.59. The number of carbonyl (C=O) groups excluding carboxylic acids is 1. The van der Waals surface area contributed by atoms with Gasteiger partial charge in [-0.3, -0.25) is 4.79 Å². The number of anilines is 1. The Morgan fingerprint density at radius 3 is 2.38 bits per heavy atom. The normalized spacial score (nSPS) is 12.2. The maximum atomic E-state index is 12.5. The van der Waals surface area contributed by atoms with Gasteiger partial charge in [-0.05, 0) is 49.0 Å². The molecule has 4 nitrogen and oxygen atoms in total. The van der Waals surface area contributed by atoms with E-state index in [1.807, 2.05) is 19.1 Å². The van der Waals surface area contributed by atoms with Crippen LogP contribution in [0.5, 0.6) is 0 Å². The standard InChI is InChI=1S/C17H15Cl4N3OS/c1-10-5-2-3-8-13(10)14(25)23-15(17(19,20)21)24-16(26)22-12-7-4-6-11(18)9-12/h2-9,15H,1H3,(H,23,25)(H2,22,24,26)/t15-/m1/s1. The highest BCUT2D eigenvalue weighted by Gasteiger charge is 2.35. The molecular weight excluding hydrogens is 436 g/mol. The van der Waals surface area contributed by atoms with Gasteiger partial charge in [0.2, 0.25) is 3.79 Å². The van der Waals surface area contributed by atoms with E-state index in [4.69, 9.17) is 58.6 Å². The number of amides is 1. The van der Waals surface area contributed by atoms with E-state index in [1.165, 1.54) is 0 Å². The highest BCUT2D eigenvalue weighted by atomic mass is 35.6. The van der Waals surface area contributed by atoms with Gasteiger partial charge >= 0.3 is 0 Å². The lowest BCUT2D eigenvalue weighted by Gasteiger charge is -2.28. The van der Waals surface area contributed by atoms with E-state index in [1.54, 1.807) is 36.4 Å². The maximum absolute atomic E-state index is 12.5. The van der Waals surface area contributed by atoms with Crippen LogP contribution in [0.1, 0.15) is 15.9 Å². The third-order valence-corrected chi connectivity index (χ3v) is 4.46. The van der Waals surface area contributed by atoms with E-state index in [9.17, 15) is 4.79 Å². The minimum Gasteiger partial charge on any atom is -0.339 e. The van der Waals surface area contributed by atoms with Crippen LogP contribution in [0.2, 0.25) is 5.02 Å². The van der Waals surface area contributed by atoms with Gasteiger partial charge in [-0.15, -0.1) is 0 Å². The van der Waals surface area contributed by atoms with Crippen LogP contribution in [0.4, 0.5) is 5.69 Å². The Labute approximate surface area is 177 Å². The van der Waals surface area contributed by atoms with Crippen molar-refractivity contribution in [3.63, 3.8) is 0 Å². The second-order valence-electron chi connectivity index (χ2n) is 5.37. The monoisotopic (exact) mass is 449 g/mol. The van der Waals surface area contributed by atoms with Crippen molar-refractivity contribution in [1.82, 2.24) is 10.6 Å². The van der Waals surface area contributed by atoms with Gasteiger partial charge in [0.15, 0.2) is 5.11 Å². The van der Waals surface area contributed by atoms with E-state index in [-0.39, 0.29) is 5.11 Å². The number of hydrogen-bond donors (Lipinski definition) is 3. The van der Waals surface area contributed by atoms with Gasteiger partial charge in [0.25, 0.3) is 5.91 Å². The smallest absolute Gasteiger partial charge is 0.253 e. The fraction of sp³-hybridized carbons (Fsp3) is 0.176. The van der Waals surface area contributed by atoms with Crippen molar-refractivity contribution in [2.45, 2.75) is 16.9 Å². The molecule has 1 atom stereocenters. The van der Waals surface area contributed by atoms with Gasteiger partial charge in [0.1, 0.15) is 6.17 Å². The van der Waals surface area contributed by atoms with Crippen LogP contribution in [0.25, 0.3) is 0 Å². The first-order valence-electron chi connectivity index (χ1n) is 7.43. The largest absolute Gasteiger partial charge is 0.339 e. The van der Waals surface area contributed by atoms with Crippen LogP contribution in [0, 0.1) is 6.92 Å². The van der Waals surface area contributed by atoms with Crippen molar-refractivity contribution < 1.29 is 4.79 Å². The summed E-state index contributed by atoms with van der Waals surface area (Å²) < 4.78 is -1.83. The first-order chi connectivity index (χ1) is 12.2. The Balaban J connectivity index is 2.09. The predicted octanol–water partition coefficient (Wildman–Crippen LogP) is 5.06. The first kappa shape index (κ1) is 21.1. The van der Waals surface area contributed by atoms with Gasteiger partial charge in [0, 0.05) is 16.3 Å². The Morgan fingerprint density at radius 2 is 1.77 bits per heavy atom. The van der Waals surface area contributed by atoms with Gasteiger partial charge in [-0.2, -0.15) is 0 Å². The second kappa shape index (κ2) is 9.11. The summed E-state index contributed by atoms with van der Waals surface area (Å²) in [6, 6.07) is 14.0. The molecule has 2 aromatic carbocycles. The Hall–Kier alpha value is -1.24. The molecule has 26 heavy (non-hydrogen) atoms. The summed E-state index contributed by atoms with van der Waals surface area (Å²) in [5, 5.41) is 9.06. The molecular formula is C17H15Cl4N3OS. The fourth-order valence-electron chi connectivity index (χ4n) is 2.10. The molecule has 0 aliphatic carbocycles. The summed E-state index contributed by atoms with van der Waals surface area (Å²) in [4.78, 5) is 12.5. The van der Waals surface area contributed by atoms with E-state index in [0.29, 0.717) is 16.3 Å². The van der Waals surface area contributed by atoms with Crippen LogP contribution in [0.3, 0.4) is 0 Å². The molecule has 0 bridgehead atoms. The number of alkyl halides is 3. The molecule has 3 N–H and O–H groups in total. The number of hydrogen-bond acceptors (Lipinski definition) is 2. The molecule has 138 valence electrons. The molecule has 0 fully saturated rings. The molecule has 0 aromatic heterocycles. The molecule has 0 aliphatic heterocycles. The predicted molar refractivity (Wildman–Crippen MR) is 114 cm³/mol. The third-order valence-electron chi connectivity index (χ3n) is 3.35. The fourth-order valence-corrected chi connectivity index (χ4v) is 2.85. The zero-order valence-corrected chi connectivity index (χ0v) is 17.4. The van der Waals surface area contributed by atoms with E-state index in [0.717, 1.165) is 5.56 Å². The van der Waals surface area contributed by atoms with E-state index in [2.05, 4.69) is 16.0 Å². The Morgan fingerprint density at radius 1 is 1.08 bits per heavy atom. The van der Waals surface area contributed by atoms with Crippen LogP contribution in [0.15, 0.2) is 48.5 Å². The lowest BCUT2D eigenvalue weighted by Crippen LogP contribution is -2.56. The summed E-state index contributed by atoms with van der Waals surface area (Å²) in [6.45, 7) is 1.82. The van der Waals surface area contributed by atoms with Crippen molar-refractivity contribution in [3.8, 4) is 0 Å². The molecule has 0 radical (unpaired) electrons. The van der Waals surface area contributed by atoms with Crippen molar-refractivity contribution >= 4 is 75.3 Å². The van der Waals surface area contributed by atoms with Crippen molar-refractivity contribution in [1.29, 1.82) is 0 Å². The molecule has 0 unspecified atom stereocenters. The molecule has 1 amide bonds. The van der Waals surface area contributed by atoms with Gasteiger partial charge in [0.05, 0.1) is 0 Å². The molecule has 2 rings (SSSR count). The molecule has 0 saturated carbocycles. The van der Waals surface area contributed by atoms with Crippen LogP contribution in [-0.2, 0) is 0 Å².